The molecule has 2 aromatic carbocycles. The van der Waals surface area contributed by atoms with Gasteiger partial charge >= 0.3 is 0 Å². The standard InChI is InChI=1S/C20H18Cl2N4OS/c1-26(2)12-24-28-18-11-14(10-16-15(18)7-8-23-20(16)22)25-19(27)9-13-5-3-4-6-17(13)21/h3-8,10-12H,9H2,1-2H3,(H,25,27). The highest BCUT2D eigenvalue weighted by molar-refractivity contribution is 7.98. The van der Waals surface area contributed by atoms with Crippen LogP contribution in [-0.2, 0) is 11.2 Å². The molecule has 3 rings (SSSR count). The van der Waals surface area contributed by atoms with Crippen LogP contribution in [0.5, 0.6) is 0 Å². The van der Waals surface area contributed by atoms with Crippen LogP contribution in [0.3, 0.4) is 0 Å². The normalized spacial score (nSPS) is 11.1. The van der Waals surface area contributed by atoms with Crippen molar-refractivity contribution < 1.29 is 4.79 Å². The molecular weight excluding hydrogens is 415 g/mol. The first-order chi connectivity index (χ1) is 13.4. The Morgan fingerprint density at radius 2 is 2.00 bits per heavy atom. The van der Waals surface area contributed by atoms with Crippen molar-refractivity contribution in [2.45, 2.75) is 11.3 Å². The molecule has 3 aromatic rings. The summed E-state index contributed by atoms with van der Waals surface area (Å²) in [7, 11) is 3.79. The molecule has 0 aliphatic heterocycles. The second-order valence-corrected chi connectivity index (χ2v) is 7.86. The Labute approximate surface area is 177 Å². The van der Waals surface area contributed by atoms with Crippen LogP contribution < -0.4 is 5.32 Å². The fraction of sp³-hybridized carbons (Fsp3) is 0.150. The number of carbonyl (C=O) groups is 1. The molecule has 0 unspecified atom stereocenters. The van der Waals surface area contributed by atoms with Gasteiger partial charge in [-0.3, -0.25) is 4.79 Å². The molecule has 0 aliphatic carbocycles. The number of halogens is 2. The highest BCUT2D eigenvalue weighted by Crippen LogP contribution is 2.34. The number of pyridine rings is 1. The molecule has 0 spiro atoms. The summed E-state index contributed by atoms with van der Waals surface area (Å²) < 4.78 is 4.34. The molecular formula is C20H18Cl2N4OS. The Bertz CT molecular complexity index is 1040. The summed E-state index contributed by atoms with van der Waals surface area (Å²) in [6.45, 7) is 0. The Morgan fingerprint density at radius 3 is 2.75 bits per heavy atom. The monoisotopic (exact) mass is 432 g/mol. The molecule has 28 heavy (non-hydrogen) atoms. The fourth-order valence-corrected chi connectivity index (χ4v) is 3.78. The zero-order valence-electron chi connectivity index (χ0n) is 15.3. The van der Waals surface area contributed by atoms with Gasteiger partial charge in [0, 0.05) is 58.6 Å². The number of rotatable bonds is 6. The number of nitrogens with one attached hydrogen (secondary N) is 1. The average Bonchev–Trinajstić information content (AvgIpc) is 2.64. The van der Waals surface area contributed by atoms with Crippen LogP contribution in [0.2, 0.25) is 10.2 Å². The summed E-state index contributed by atoms with van der Waals surface area (Å²) in [5.41, 5.74) is 1.40. The third-order valence-electron chi connectivity index (χ3n) is 3.82. The molecule has 0 saturated carbocycles. The maximum absolute atomic E-state index is 12.5. The van der Waals surface area contributed by atoms with E-state index in [-0.39, 0.29) is 12.3 Å². The van der Waals surface area contributed by atoms with Gasteiger partial charge < -0.3 is 10.2 Å². The first-order valence-electron chi connectivity index (χ1n) is 8.42. The number of fused-ring (bicyclic) bond motifs is 1. The van der Waals surface area contributed by atoms with Crippen molar-refractivity contribution in [1.82, 2.24) is 9.88 Å². The number of nitrogens with zero attached hydrogens (tertiary/aromatic N) is 3. The van der Waals surface area contributed by atoms with Crippen molar-refractivity contribution in [3.63, 3.8) is 0 Å². The zero-order valence-corrected chi connectivity index (χ0v) is 17.6. The third-order valence-corrected chi connectivity index (χ3v) is 5.22. The van der Waals surface area contributed by atoms with Crippen LogP contribution in [0.25, 0.3) is 10.8 Å². The number of amides is 1. The SMILES string of the molecule is CN(C)C=NSc1cc(NC(=O)Cc2ccccc2Cl)cc2c(Cl)nccc12. The van der Waals surface area contributed by atoms with Crippen molar-refractivity contribution in [3.8, 4) is 0 Å². The number of carbonyl (C=O) groups excluding carboxylic acids is 1. The molecule has 1 amide bonds. The number of hydrogen-bond acceptors (Lipinski definition) is 4. The maximum Gasteiger partial charge on any atom is 0.228 e. The lowest BCUT2D eigenvalue weighted by Crippen LogP contribution is -2.14. The highest BCUT2D eigenvalue weighted by Gasteiger charge is 2.12. The van der Waals surface area contributed by atoms with Gasteiger partial charge in [-0.15, -0.1) is 0 Å². The van der Waals surface area contributed by atoms with Gasteiger partial charge in [0.05, 0.1) is 12.8 Å². The van der Waals surface area contributed by atoms with E-state index in [1.54, 1.807) is 18.6 Å². The number of benzene rings is 2. The number of anilines is 1. The van der Waals surface area contributed by atoms with E-state index in [1.807, 2.05) is 55.4 Å². The Hall–Kier alpha value is -2.28. The van der Waals surface area contributed by atoms with Gasteiger partial charge in [-0.05, 0) is 29.8 Å². The van der Waals surface area contributed by atoms with E-state index < -0.39 is 0 Å². The number of aromatic nitrogens is 1. The molecule has 0 bridgehead atoms. The molecule has 0 radical (unpaired) electrons. The number of hydrogen-bond donors (Lipinski definition) is 1. The first kappa shape index (κ1) is 20.5. The molecule has 5 nitrogen and oxygen atoms in total. The van der Waals surface area contributed by atoms with E-state index in [4.69, 9.17) is 23.2 Å². The van der Waals surface area contributed by atoms with Crippen LogP contribution in [0.1, 0.15) is 5.56 Å². The first-order valence-corrected chi connectivity index (χ1v) is 9.95. The molecule has 0 aliphatic rings. The summed E-state index contributed by atoms with van der Waals surface area (Å²) in [6.07, 6.45) is 3.54. The second kappa shape index (κ2) is 9.28. The Balaban J connectivity index is 1.89. The topological polar surface area (TPSA) is 57.6 Å². The summed E-state index contributed by atoms with van der Waals surface area (Å²) in [5.74, 6) is -0.166. The van der Waals surface area contributed by atoms with Gasteiger partial charge in [0.15, 0.2) is 0 Å². The third kappa shape index (κ3) is 5.16. The highest BCUT2D eigenvalue weighted by atomic mass is 35.5. The summed E-state index contributed by atoms with van der Waals surface area (Å²) in [5, 5.41) is 5.53. The van der Waals surface area contributed by atoms with Crippen molar-refractivity contribution >= 4 is 63.9 Å². The van der Waals surface area contributed by atoms with Gasteiger partial charge in [0.25, 0.3) is 0 Å². The van der Waals surface area contributed by atoms with E-state index >= 15 is 0 Å². The van der Waals surface area contributed by atoms with Crippen LogP contribution >= 0.6 is 35.1 Å². The minimum Gasteiger partial charge on any atom is -0.368 e. The zero-order chi connectivity index (χ0) is 20.1. The van der Waals surface area contributed by atoms with Gasteiger partial charge in [-0.2, -0.15) is 0 Å². The molecule has 1 N–H and O–H groups in total. The lowest BCUT2D eigenvalue weighted by molar-refractivity contribution is -0.115. The van der Waals surface area contributed by atoms with E-state index in [1.165, 1.54) is 11.9 Å². The summed E-state index contributed by atoms with van der Waals surface area (Å²) in [4.78, 5) is 19.4. The molecule has 0 saturated heterocycles. The molecule has 1 heterocycles. The van der Waals surface area contributed by atoms with Gasteiger partial charge in [0.1, 0.15) is 5.15 Å². The van der Waals surface area contributed by atoms with Gasteiger partial charge in [0.2, 0.25) is 5.91 Å². The van der Waals surface area contributed by atoms with Crippen LogP contribution in [0.15, 0.2) is 58.0 Å². The summed E-state index contributed by atoms with van der Waals surface area (Å²) >= 11 is 13.7. The molecule has 1 aromatic heterocycles. The minimum atomic E-state index is -0.166. The van der Waals surface area contributed by atoms with Gasteiger partial charge in [-0.25, -0.2) is 9.38 Å². The second-order valence-electron chi connectivity index (χ2n) is 6.26. The average molecular weight is 433 g/mol. The Morgan fingerprint density at radius 1 is 1.21 bits per heavy atom. The predicted molar refractivity (Wildman–Crippen MR) is 119 cm³/mol. The molecule has 8 heteroatoms. The van der Waals surface area contributed by atoms with Crippen molar-refractivity contribution in [1.29, 1.82) is 0 Å². The summed E-state index contributed by atoms with van der Waals surface area (Å²) in [6, 6.07) is 12.9. The quantitative estimate of drug-likeness (QED) is 0.247. The van der Waals surface area contributed by atoms with Crippen LogP contribution in [0.4, 0.5) is 5.69 Å². The minimum absolute atomic E-state index is 0.166. The van der Waals surface area contributed by atoms with E-state index in [2.05, 4.69) is 14.7 Å². The van der Waals surface area contributed by atoms with Crippen LogP contribution in [-0.4, -0.2) is 36.2 Å². The fourth-order valence-electron chi connectivity index (χ4n) is 2.56. The predicted octanol–water partition coefficient (Wildman–Crippen LogP) is 5.32. The van der Waals surface area contributed by atoms with E-state index in [0.717, 1.165) is 21.2 Å². The maximum atomic E-state index is 12.5. The molecule has 0 fully saturated rings. The largest absolute Gasteiger partial charge is 0.368 e. The smallest absolute Gasteiger partial charge is 0.228 e. The lowest BCUT2D eigenvalue weighted by Gasteiger charge is -2.11. The lowest BCUT2D eigenvalue weighted by atomic mass is 10.1. The van der Waals surface area contributed by atoms with E-state index in [0.29, 0.717) is 15.9 Å². The Kier molecular flexibility index (Phi) is 6.78. The van der Waals surface area contributed by atoms with Crippen molar-refractivity contribution in [3.05, 3.63) is 64.4 Å². The van der Waals surface area contributed by atoms with E-state index in [9.17, 15) is 4.79 Å². The van der Waals surface area contributed by atoms with Crippen LogP contribution in [0, 0.1) is 0 Å². The molecule has 144 valence electrons. The molecule has 0 atom stereocenters. The van der Waals surface area contributed by atoms with Crippen molar-refractivity contribution in [2.75, 3.05) is 19.4 Å². The van der Waals surface area contributed by atoms with Gasteiger partial charge in [-0.1, -0.05) is 41.4 Å². The van der Waals surface area contributed by atoms with Crippen molar-refractivity contribution in [2.24, 2.45) is 4.40 Å².